The molecule has 1 saturated heterocycles. The van der Waals surface area contributed by atoms with Gasteiger partial charge in [-0.05, 0) is 37.5 Å². The number of hydrogen-bond acceptors (Lipinski definition) is 2. The van der Waals surface area contributed by atoms with E-state index < -0.39 is 0 Å². The zero-order chi connectivity index (χ0) is 13.7. The van der Waals surface area contributed by atoms with E-state index in [2.05, 4.69) is 6.92 Å². The van der Waals surface area contributed by atoms with Crippen LogP contribution in [0.4, 0.5) is 0 Å². The molecule has 0 aromatic heterocycles. The minimum absolute atomic E-state index is 0.194. The van der Waals surface area contributed by atoms with Crippen LogP contribution in [0.2, 0.25) is 0 Å². The summed E-state index contributed by atoms with van der Waals surface area (Å²) in [5, 5.41) is 0. The summed E-state index contributed by atoms with van der Waals surface area (Å²) in [4.78, 5) is 14.3. The van der Waals surface area contributed by atoms with E-state index in [0.29, 0.717) is 5.41 Å². The Labute approximate surface area is 117 Å². The van der Waals surface area contributed by atoms with Crippen molar-refractivity contribution in [2.75, 3.05) is 13.1 Å². The maximum atomic E-state index is 12.3. The molecule has 3 nitrogen and oxygen atoms in total. The third kappa shape index (κ3) is 3.71. The van der Waals surface area contributed by atoms with Crippen LogP contribution in [0.1, 0.15) is 71.1 Å². The van der Waals surface area contributed by atoms with Crippen molar-refractivity contribution in [1.29, 1.82) is 0 Å². The number of unbranched alkanes of at least 4 members (excludes halogenated alkanes) is 1. The standard InChI is InChI=1S/C16H30N2O/c1-2-3-7-14(17)15(19)18-12-10-16(11-13-18)8-5-4-6-9-16/h14H,2-13,17H2,1H3/t14-/m0/s1. The Bertz CT molecular complexity index is 287. The minimum Gasteiger partial charge on any atom is -0.341 e. The van der Waals surface area contributed by atoms with Crippen LogP contribution in [-0.2, 0) is 4.79 Å². The van der Waals surface area contributed by atoms with E-state index in [-0.39, 0.29) is 11.9 Å². The van der Waals surface area contributed by atoms with Crippen LogP contribution >= 0.6 is 0 Å². The van der Waals surface area contributed by atoms with Gasteiger partial charge in [-0.3, -0.25) is 4.79 Å². The number of nitrogens with two attached hydrogens (primary N) is 1. The van der Waals surface area contributed by atoms with Crippen LogP contribution in [0.15, 0.2) is 0 Å². The summed E-state index contributed by atoms with van der Waals surface area (Å²) in [7, 11) is 0. The number of piperidine rings is 1. The zero-order valence-corrected chi connectivity index (χ0v) is 12.5. The average molecular weight is 266 g/mol. The van der Waals surface area contributed by atoms with Gasteiger partial charge in [0.25, 0.3) is 0 Å². The molecule has 1 saturated carbocycles. The normalized spacial score (nSPS) is 24.4. The minimum atomic E-state index is -0.264. The molecule has 110 valence electrons. The Morgan fingerprint density at radius 2 is 1.79 bits per heavy atom. The SMILES string of the molecule is CCCC[C@H](N)C(=O)N1CCC2(CCCCC2)CC1. The molecule has 2 N–H and O–H groups in total. The summed E-state index contributed by atoms with van der Waals surface area (Å²) < 4.78 is 0. The molecule has 0 aromatic rings. The predicted molar refractivity (Wildman–Crippen MR) is 78.8 cm³/mol. The molecule has 2 aliphatic rings. The Morgan fingerprint density at radius 1 is 1.16 bits per heavy atom. The van der Waals surface area contributed by atoms with Crippen LogP contribution < -0.4 is 5.73 Å². The molecule has 1 amide bonds. The van der Waals surface area contributed by atoms with Crippen LogP contribution in [0, 0.1) is 5.41 Å². The van der Waals surface area contributed by atoms with Gasteiger partial charge in [0.15, 0.2) is 0 Å². The summed E-state index contributed by atoms with van der Waals surface area (Å²) in [5.41, 5.74) is 6.58. The van der Waals surface area contributed by atoms with Gasteiger partial charge in [-0.25, -0.2) is 0 Å². The molecule has 2 rings (SSSR count). The van der Waals surface area contributed by atoms with Crippen molar-refractivity contribution in [2.24, 2.45) is 11.1 Å². The lowest BCUT2D eigenvalue weighted by Gasteiger charge is -2.44. The lowest BCUT2D eigenvalue weighted by atomic mass is 9.68. The van der Waals surface area contributed by atoms with Gasteiger partial charge >= 0.3 is 0 Å². The lowest BCUT2D eigenvalue weighted by molar-refractivity contribution is -0.135. The number of rotatable bonds is 4. The molecule has 1 spiro atoms. The maximum absolute atomic E-state index is 12.3. The molecule has 1 atom stereocenters. The fraction of sp³-hybridized carbons (Fsp3) is 0.938. The van der Waals surface area contributed by atoms with E-state index in [0.717, 1.165) is 32.4 Å². The van der Waals surface area contributed by atoms with Crippen molar-refractivity contribution in [3.63, 3.8) is 0 Å². The first-order valence-electron chi connectivity index (χ1n) is 8.21. The van der Waals surface area contributed by atoms with Crippen molar-refractivity contribution >= 4 is 5.91 Å². The first-order valence-corrected chi connectivity index (χ1v) is 8.21. The lowest BCUT2D eigenvalue weighted by Crippen LogP contribution is -2.49. The molecule has 3 heteroatoms. The first kappa shape index (κ1) is 14.8. The van der Waals surface area contributed by atoms with Crippen molar-refractivity contribution in [2.45, 2.75) is 77.2 Å². The number of likely N-dealkylation sites (tertiary alicyclic amines) is 1. The van der Waals surface area contributed by atoms with Crippen LogP contribution in [-0.4, -0.2) is 29.9 Å². The van der Waals surface area contributed by atoms with E-state index in [1.54, 1.807) is 0 Å². The Hall–Kier alpha value is -0.570. The number of amides is 1. The maximum Gasteiger partial charge on any atom is 0.239 e. The van der Waals surface area contributed by atoms with Crippen LogP contribution in [0.25, 0.3) is 0 Å². The van der Waals surface area contributed by atoms with Gasteiger partial charge in [-0.15, -0.1) is 0 Å². The number of nitrogens with zero attached hydrogens (tertiary/aromatic N) is 1. The van der Waals surface area contributed by atoms with Gasteiger partial charge in [0.05, 0.1) is 6.04 Å². The van der Waals surface area contributed by atoms with E-state index in [4.69, 9.17) is 5.73 Å². The summed E-state index contributed by atoms with van der Waals surface area (Å²) >= 11 is 0. The molecule has 0 bridgehead atoms. The Kier molecular flexibility index (Phi) is 5.26. The highest BCUT2D eigenvalue weighted by Crippen LogP contribution is 2.44. The van der Waals surface area contributed by atoms with Gasteiger partial charge in [0, 0.05) is 13.1 Å². The van der Waals surface area contributed by atoms with Crippen molar-refractivity contribution in [3.8, 4) is 0 Å². The van der Waals surface area contributed by atoms with Gasteiger partial charge in [-0.2, -0.15) is 0 Å². The molecule has 19 heavy (non-hydrogen) atoms. The number of hydrogen-bond donors (Lipinski definition) is 1. The Morgan fingerprint density at radius 3 is 2.37 bits per heavy atom. The van der Waals surface area contributed by atoms with Crippen molar-refractivity contribution in [1.82, 2.24) is 4.90 Å². The number of carbonyl (C=O) groups is 1. The van der Waals surface area contributed by atoms with Crippen LogP contribution in [0.5, 0.6) is 0 Å². The van der Waals surface area contributed by atoms with Gasteiger partial charge in [0.1, 0.15) is 0 Å². The van der Waals surface area contributed by atoms with E-state index in [9.17, 15) is 4.79 Å². The molecular weight excluding hydrogens is 236 g/mol. The highest BCUT2D eigenvalue weighted by Gasteiger charge is 2.37. The Balaban J connectivity index is 1.80. The van der Waals surface area contributed by atoms with Crippen molar-refractivity contribution in [3.05, 3.63) is 0 Å². The molecular formula is C16H30N2O. The average Bonchev–Trinajstić information content (AvgIpc) is 2.46. The third-order valence-corrected chi connectivity index (χ3v) is 5.24. The smallest absolute Gasteiger partial charge is 0.239 e. The van der Waals surface area contributed by atoms with E-state index in [1.165, 1.54) is 44.9 Å². The van der Waals surface area contributed by atoms with Crippen LogP contribution in [0.3, 0.4) is 0 Å². The quantitative estimate of drug-likeness (QED) is 0.850. The van der Waals surface area contributed by atoms with E-state index in [1.807, 2.05) is 4.90 Å². The monoisotopic (exact) mass is 266 g/mol. The fourth-order valence-corrected chi connectivity index (χ4v) is 3.79. The highest BCUT2D eigenvalue weighted by atomic mass is 16.2. The fourth-order valence-electron chi connectivity index (χ4n) is 3.79. The molecule has 1 aliphatic heterocycles. The predicted octanol–water partition coefficient (Wildman–Crippen LogP) is 3.08. The largest absolute Gasteiger partial charge is 0.341 e. The van der Waals surface area contributed by atoms with E-state index >= 15 is 0 Å². The van der Waals surface area contributed by atoms with Gasteiger partial charge in [0.2, 0.25) is 5.91 Å². The summed E-state index contributed by atoms with van der Waals surface area (Å²) in [6, 6.07) is -0.264. The zero-order valence-electron chi connectivity index (χ0n) is 12.5. The summed E-state index contributed by atoms with van der Waals surface area (Å²) in [5.74, 6) is 0.194. The molecule has 1 aliphatic carbocycles. The third-order valence-electron chi connectivity index (χ3n) is 5.24. The summed E-state index contributed by atoms with van der Waals surface area (Å²) in [6.45, 7) is 4.03. The molecule has 1 heterocycles. The molecule has 0 radical (unpaired) electrons. The first-order chi connectivity index (χ1) is 9.17. The summed E-state index contributed by atoms with van der Waals surface area (Å²) in [6.07, 6.45) is 12.4. The molecule has 0 unspecified atom stereocenters. The molecule has 0 aromatic carbocycles. The second kappa shape index (κ2) is 6.74. The second-order valence-electron chi connectivity index (χ2n) is 6.63. The van der Waals surface area contributed by atoms with Gasteiger partial charge in [-0.1, -0.05) is 39.0 Å². The second-order valence-corrected chi connectivity index (χ2v) is 6.63. The number of carbonyl (C=O) groups excluding carboxylic acids is 1. The van der Waals surface area contributed by atoms with Crippen molar-refractivity contribution < 1.29 is 4.79 Å². The highest BCUT2D eigenvalue weighted by molar-refractivity contribution is 5.81. The molecule has 2 fully saturated rings. The van der Waals surface area contributed by atoms with Gasteiger partial charge < -0.3 is 10.6 Å². The topological polar surface area (TPSA) is 46.3 Å².